The molecule has 2 aliphatic carbocycles. The molecule has 3 rings (SSSR count). The molecule has 1 aromatic carbocycles. The van der Waals surface area contributed by atoms with Crippen LogP contribution in [-0.2, 0) is 4.79 Å². The molecule has 5 nitrogen and oxygen atoms in total. The summed E-state index contributed by atoms with van der Waals surface area (Å²) in [5.41, 5.74) is 1.04. The van der Waals surface area contributed by atoms with Crippen LogP contribution < -0.4 is 16.0 Å². The molecule has 2 saturated carbocycles. The Hall–Kier alpha value is -2.11. The maximum absolute atomic E-state index is 13.7. The highest BCUT2D eigenvalue weighted by atomic mass is 19.1. The van der Waals surface area contributed by atoms with Gasteiger partial charge in [-0.05, 0) is 62.1 Å². The van der Waals surface area contributed by atoms with Crippen LogP contribution in [0.4, 0.5) is 20.6 Å². The van der Waals surface area contributed by atoms with Crippen LogP contribution in [0.2, 0.25) is 0 Å². The van der Waals surface area contributed by atoms with Crippen LogP contribution >= 0.6 is 0 Å². The zero-order chi connectivity index (χ0) is 18.6. The Labute approximate surface area is 154 Å². The van der Waals surface area contributed by atoms with E-state index in [1.165, 1.54) is 70.1 Å². The van der Waals surface area contributed by atoms with E-state index in [-0.39, 0.29) is 23.7 Å². The molecular formula is C20H28FN3O2. The van der Waals surface area contributed by atoms with Gasteiger partial charge < -0.3 is 16.0 Å². The molecule has 3 N–H and O–H groups in total. The number of carbonyl (C=O) groups is 2. The second kappa shape index (κ2) is 8.06. The van der Waals surface area contributed by atoms with Crippen molar-refractivity contribution in [2.75, 3.05) is 10.6 Å². The van der Waals surface area contributed by atoms with E-state index in [9.17, 15) is 14.0 Å². The highest BCUT2D eigenvalue weighted by Gasteiger charge is 2.36. The summed E-state index contributed by atoms with van der Waals surface area (Å²) in [7, 11) is 0. The van der Waals surface area contributed by atoms with E-state index in [2.05, 4.69) is 16.0 Å². The molecule has 0 aromatic heterocycles. The van der Waals surface area contributed by atoms with E-state index in [0.717, 1.165) is 12.8 Å². The summed E-state index contributed by atoms with van der Waals surface area (Å²) < 4.78 is 13.7. The van der Waals surface area contributed by atoms with E-state index < -0.39 is 5.82 Å². The van der Waals surface area contributed by atoms with Crippen molar-refractivity contribution in [1.82, 2.24) is 5.32 Å². The summed E-state index contributed by atoms with van der Waals surface area (Å²) in [5, 5.41) is 8.18. The first-order valence-corrected chi connectivity index (χ1v) is 9.60. The molecule has 0 heterocycles. The topological polar surface area (TPSA) is 70.2 Å². The van der Waals surface area contributed by atoms with E-state index in [1.807, 2.05) is 0 Å². The van der Waals surface area contributed by atoms with Crippen LogP contribution in [0.25, 0.3) is 0 Å². The molecule has 1 spiro atoms. The predicted octanol–water partition coefficient (Wildman–Crippen LogP) is 4.80. The van der Waals surface area contributed by atoms with Crippen LogP contribution in [-0.4, -0.2) is 18.0 Å². The summed E-state index contributed by atoms with van der Waals surface area (Å²) in [6, 6.07) is 4.05. The molecule has 0 aliphatic heterocycles. The quantitative estimate of drug-likeness (QED) is 0.724. The molecule has 26 heavy (non-hydrogen) atoms. The summed E-state index contributed by atoms with van der Waals surface area (Å²) in [6.07, 6.45) is 11.2. The Morgan fingerprint density at radius 3 is 2.38 bits per heavy atom. The van der Waals surface area contributed by atoms with Crippen LogP contribution in [0.3, 0.4) is 0 Å². The summed E-state index contributed by atoms with van der Waals surface area (Å²) >= 11 is 0. The fourth-order valence-electron chi connectivity index (χ4n) is 4.42. The average molecular weight is 361 g/mol. The number of urea groups is 1. The number of amides is 3. The maximum Gasteiger partial charge on any atom is 0.319 e. The van der Waals surface area contributed by atoms with E-state index in [0.29, 0.717) is 11.1 Å². The molecule has 0 saturated heterocycles. The Bertz CT molecular complexity index is 661. The fourth-order valence-corrected chi connectivity index (χ4v) is 4.42. The SMILES string of the molecule is CC(=O)Nc1cc(NC(=O)NC2CCC3(CCCCC3)CC2)ccc1F. The van der Waals surface area contributed by atoms with Crippen molar-refractivity contribution in [3.05, 3.63) is 24.0 Å². The minimum atomic E-state index is -0.531. The number of nitrogens with one attached hydrogen (secondary N) is 3. The van der Waals surface area contributed by atoms with Gasteiger partial charge in [0.25, 0.3) is 0 Å². The third-order valence-corrected chi connectivity index (χ3v) is 5.83. The van der Waals surface area contributed by atoms with Crippen molar-refractivity contribution in [3.8, 4) is 0 Å². The van der Waals surface area contributed by atoms with Crippen LogP contribution in [0.15, 0.2) is 18.2 Å². The zero-order valence-corrected chi connectivity index (χ0v) is 15.4. The Balaban J connectivity index is 1.51. The summed E-state index contributed by atoms with van der Waals surface area (Å²) in [6.45, 7) is 1.31. The summed E-state index contributed by atoms with van der Waals surface area (Å²) in [5.74, 6) is -0.888. The number of carbonyl (C=O) groups excluding carboxylic acids is 2. The maximum atomic E-state index is 13.7. The highest BCUT2D eigenvalue weighted by Crippen LogP contribution is 2.47. The zero-order valence-electron chi connectivity index (χ0n) is 15.4. The minimum absolute atomic E-state index is 0.0622. The number of halogens is 1. The molecule has 0 atom stereocenters. The Kier molecular flexibility index (Phi) is 5.79. The van der Waals surface area contributed by atoms with E-state index in [4.69, 9.17) is 0 Å². The summed E-state index contributed by atoms with van der Waals surface area (Å²) in [4.78, 5) is 23.4. The van der Waals surface area contributed by atoms with Crippen molar-refractivity contribution in [2.24, 2.45) is 5.41 Å². The number of benzene rings is 1. The Morgan fingerprint density at radius 2 is 1.73 bits per heavy atom. The van der Waals surface area contributed by atoms with Crippen LogP contribution in [0, 0.1) is 11.2 Å². The fraction of sp³-hybridized carbons (Fsp3) is 0.600. The van der Waals surface area contributed by atoms with E-state index in [1.54, 1.807) is 0 Å². The van der Waals surface area contributed by atoms with Gasteiger partial charge in [0, 0.05) is 18.7 Å². The molecule has 2 fully saturated rings. The number of anilines is 2. The monoisotopic (exact) mass is 361 g/mol. The first kappa shape index (κ1) is 18.7. The minimum Gasteiger partial charge on any atom is -0.335 e. The molecule has 142 valence electrons. The number of rotatable bonds is 3. The van der Waals surface area contributed by atoms with Gasteiger partial charge in [-0.3, -0.25) is 4.79 Å². The van der Waals surface area contributed by atoms with Gasteiger partial charge in [0.05, 0.1) is 5.69 Å². The van der Waals surface area contributed by atoms with Gasteiger partial charge in [-0.25, -0.2) is 9.18 Å². The first-order chi connectivity index (χ1) is 12.5. The normalized spacial score (nSPS) is 19.8. The van der Waals surface area contributed by atoms with Gasteiger partial charge in [0.1, 0.15) is 5.82 Å². The van der Waals surface area contributed by atoms with Gasteiger partial charge in [-0.2, -0.15) is 0 Å². The molecule has 0 radical (unpaired) electrons. The third kappa shape index (κ3) is 4.74. The molecule has 1 aromatic rings. The van der Waals surface area contributed by atoms with Gasteiger partial charge in [0.15, 0.2) is 0 Å². The molecule has 0 bridgehead atoms. The Morgan fingerprint density at radius 1 is 1.04 bits per heavy atom. The van der Waals surface area contributed by atoms with Crippen molar-refractivity contribution in [1.29, 1.82) is 0 Å². The van der Waals surface area contributed by atoms with Crippen molar-refractivity contribution < 1.29 is 14.0 Å². The lowest BCUT2D eigenvalue weighted by Crippen LogP contribution is -2.43. The van der Waals surface area contributed by atoms with Gasteiger partial charge in [-0.15, -0.1) is 0 Å². The van der Waals surface area contributed by atoms with Crippen LogP contribution in [0.1, 0.15) is 64.7 Å². The smallest absolute Gasteiger partial charge is 0.319 e. The molecule has 3 amide bonds. The standard InChI is InChI=1S/C20H28FN3O2/c1-14(25)22-18-13-16(5-6-17(18)21)24-19(26)23-15-7-11-20(12-8-15)9-3-2-4-10-20/h5-6,13,15H,2-4,7-12H2,1H3,(H,22,25)(H2,23,24,26). The van der Waals surface area contributed by atoms with Crippen molar-refractivity contribution in [3.63, 3.8) is 0 Å². The van der Waals surface area contributed by atoms with Gasteiger partial charge >= 0.3 is 6.03 Å². The van der Waals surface area contributed by atoms with E-state index >= 15 is 0 Å². The highest BCUT2D eigenvalue weighted by molar-refractivity contribution is 5.92. The molecule has 0 unspecified atom stereocenters. The second-order valence-electron chi connectivity index (χ2n) is 7.81. The second-order valence-corrected chi connectivity index (χ2v) is 7.81. The lowest BCUT2D eigenvalue weighted by molar-refractivity contribution is -0.114. The number of hydrogen-bond donors (Lipinski definition) is 3. The lowest BCUT2D eigenvalue weighted by atomic mass is 9.64. The largest absolute Gasteiger partial charge is 0.335 e. The van der Waals surface area contributed by atoms with Crippen molar-refractivity contribution >= 4 is 23.3 Å². The first-order valence-electron chi connectivity index (χ1n) is 9.60. The average Bonchev–Trinajstić information content (AvgIpc) is 2.60. The van der Waals surface area contributed by atoms with Crippen molar-refractivity contribution in [2.45, 2.75) is 70.8 Å². The predicted molar refractivity (Wildman–Crippen MR) is 101 cm³/mol. The van der Waals surface area contributed by atoms with Gasteiger partial charge in [0.2, 0.25) is 5.91 Å². The van der Waals surface area contributed by atoms with Gasteiger partial charge in [-0.1, -0.05) is 19.3 Å². The number of hydrogen-bond acceptors (Lipinski definition) is 2. The third-order valence-electron chi connectivity index (χ3n) is 5.83. The lowest BCUT2D eigenvalue weighted by Gasteiger charge is -2.43. The molecule has 6 heteroatoms. The molecule has 2 aliphatic rings. The molecular weight excluding hydrogens is 333 g/mol. The van der Waals surface area contributed by atoms with Crippen LogP contribution in [0.5, 0.6) is 0 Å².